The van der Waals surface area contributed by atoms with Crippen LogP contribution in [0.2, 0.25) is 0 Å². The number of hydrogen-bond acceptors (Lipinski definition) is 2. The number of likely N-dealkylation sites (tertiary alicyclic amines) is 1. The maximum absolute atomic E-state index is 12.5. The van der Waals surface area contributed by atoms with E-state index < -0.39 is 0 Å². The molecule has 120 valence electrons. The molecule has 1 saturated carbocycles. The number of rotatable bonds is 4. The lowest BCUT2D eigenvalue weighted by Gasteiger charge is -2.26. The molecule has 0 aromatic heterocycles. The zero-order valence-electron chi connectivity index (χ0n) is 13.5. The molecule has 0 aromatic carbocycles. The van der Waals surface area contributed by atoms with E-state index in [-0.39, 0.29) is 5.92 Å². The van der Waals surface area contributed by atoms with Crippen molar-refractivity contribution in [2.24, 2.45) is 10.9 Å². The Kier molecular flexibility index (Phi) is 6.33. The van der Waals surface area contributed by atoms with Crippen molar-refractivity contribution in [2.75, 3.05) is 26.7 Å². The van der Waals surface area contributed by atoms with E-state index in [0.29, 0.717) is 11.9 Å². The highest BCUT2D eigenvalue weighted by atomic mass is 16.2. The van der Waals surface area contributed by atoms with Gasteiger partial charge in [-0.3, -0.25) is 9.79 Å². The summed E-state index contributed by atoms with van der Waals surface area (Å²) in [6.45, 7) is 4.78. The maximum atomic E-state index is 12.5. The Morgan fingerprint density at radius 1 is 1.24 bits per heavy atom. The average molecular weight is 294 g/mol. The van der Waals surface area contributed by atoms with Crippen LogP contribution >= 0.6 is 0 Å². The van der Waals surface area contributed by atoms with Crippen molar-refractivity contribution < 1.29 is 4.79 Å². The van der Waals surface area contributed by atoms with Gasteiger partial charge in [-0.1, -0.05) is 26.2 Å². The number of amides is 1. The lowest BCUT2D eigenvalue weighted by Crippen LogP contribution is -2.45. The minimum absolute atomic E-state index is 0.287. The quantitative estimate of drug-likeness (QED) is 0.613. The molecule has 5 nitrogen and oxygen atoms in total. The topological polar surface area (TPSA) is 56.7 Å². The Labute approximate surface area is 128 Å². The molecule has 0 radical (unpaired) electrons. The summed E-state index contributed by atoms with van der Waals surface area (Å²) in [6.07, 6.45) is 8.02. The molecule has 1 amide bonds. The van der Waals surface area contributed by atoms with Gasteiger partial charge in [0.2, 0.25) is 5.91 Å². The van der Waals surface area contributed by atoms with Gasteiger partial charge in [-0.2, -0.15) is 0 Å². The lowest BCUT2D eigenvalue weighted by atomic mass is 9.88. The zero-order chi connectivity index (χ0) is 15.1. The Morgan fingerprint density at radius 2 is 2.00 bits per heavy atom. The molecule has 0 spiro atoms. The van der Waals surface area contributed by atoms with Crippen molar-refractivity contribution in [3.63, 3.8) is 0 Å². The minimum atomic E-state index is 0.287. The third-order valence-electron chi connectivity index (χ3n) is 4.56. The smallest absolute Gasteiger partial charge is 0.225 e. The van der Waals surface area contributed by atoms with Crippen LogP contribution in [0.15, 0.2) is 4.99 Å². The van der Waals surface area contributed by atoms with Crippen molar-refractivity contribution in [3.05, 3.63) is 0 Å². The first-order valence-electron chi connectivity index (χ1n) is 8.50. The molecule has 1 saturated heterocycles. The van der Waals surface area contributed by atoms with Crippen LogP contribution in [0.1, 0.15) is 51.9 Å². The molecule has 2 fully saturated rings. The fourth-order valence-corrected chi connectivity index (χ4v) is 3.32. The summed E-state index contributed by atoms with van der Waals surface area (Å²) in [7, 11) is 1.80. The summed E-state index contributed by atoms with van der Waals surface area (Å²) in [5.41, 5.74) is 0. The molecule has 5 heteroatoms. The van der Waals surface area contributed by atoms with Crippen LogP contribution in [0.25, 0.3) is 0 Å². The summed E-state index contributed by atoms with van der Waals surface area (Å²) in [4.78, 5) is 18.8. The molecule has 1 unspecified atom stereocenters. The molecular weight excluding hydrogens is 264 g/mol. The molecular formula is C16H30N4O. The fourth-order valence-electron chi connectivity index (χ4n) is 3.32. The second-order valence-corrected chi connectivity index (χ2v) is 6.25. The van der Waals surface area contributed by atoms with Gasteiger partial charge in [0.1, 0.15) is 0 Å². The van der Waals surface area contributed by atoms with E-state index in [2.05, 4.69) is 27.4 Å². The largest absolute Gasteiger partial charge is 0.356 e. The third-order valence-corrected chi connectivity index (χ3v) is 4.56. The first-order chi connectivity index (χ1) is 10.2. The van der Waals surface area contributed by atoms with Gasteiger partial charge < -0.3 is 15.5 Å². The summed E-state index contributed by atoms with van der Waals surface area (Å²) in [5.74, 6) is 1.53. The van der Waals surface area contributed by atoms with Crippen LogP contribution < -0.4 is 10.6 Å². The molecule has 2 N–H and O–H groups in total. The maximum Gasteiger partial charge on any atom is 0.225 e. The number of hydrogen-bond donors (Lipinski definition) is 2. The van der Waals surface area contributed by atoms with Gasteiger partial charge >= 0.3 is 0 Å². The molecule has 21 heavy (non-hydrogen) atoms. The number of carbonyl (C=O) groups is 1. The van der Waals surface area contributed by atoms with E-state index >= 15 is 0 Å². The SMILES string of the molecule is CCCNC(=NC)NC1CCN(C(=O)C2CCCCC2)C1. The van der Waals surface area contributed by atoms with Crippen molar-refractivity contribution in [1.82, 2.24) is 15.5 Å². The van der Waals surface area contributed by atoms with Gasteiger partial charge in [0.15, 0.2) is 5.96 Å². The normalized spacial score (nSPS) is 24.2. The fraction of sp³-hybridized carbons (Fsp3) is 0.875. The van der Waals surface area contributed by atoms with Crippen molar-refractivity contribution in [2.45, 2.75) is 57.9 Å². The van der Waals surface area contributed by atoms with E-state index in [1.165, 1.54) is 19.3 Å². The second-order valence-electron chi connectivity index (χ2n) is 6.25. The highest BCUT2D eigenvalue weighted by Gasteiger charge is 2.31. The first-order valence-corrected chi connectivity index (χ1v) is 8.50. The predicted octanol–water partition coefficient (Wildman–Crippen LogP) is 1.74. The highest BCUT2D eigenvalue weighted by molar-refractivity contribution is 5.81. The van der Waals surface area contributed by atoms with Gasteiger partial charge in [-0.25, -0.2) is 0 Å². The number of aliphatic imine (C=N–C) groups is 1. The minimum Gasteiger partial charge on any atom is -0.356 e. The average Bonchev–Trinajstić information content (AvgIpc) is 3.00. The van der Waals surface area contributed by atoms with Crippen LogP contribution in [-0.4, -0.2) is 49.5 Å². The van der Waals surface area contributed by atoms with Crippen LogP contribution in [0.3, 0.4) is 0 Å². The summed E-state index contributed by atoms with van der Waals surface area (Å²) < 4.78 is 0. The van der Waals surface area contributed by atoms with Crippen molar-refractivity contribution in [1.29, 1.82) is 0 Å². The number of guanidine groups is 1. The van der Waals surface area contributed by atoms with Crippen molar-refractivity contribution >= 4 is 11.9 Å². The highest BCUT2D eigenvalue weighted by Crippen LogP contribution is 2.26. The monoisotopic (exact) mass is 294 g/mol. The molecule has 1 atom stereocenters. The third kappa shape index (κ3) is 4.61. The van der Waals surface area contributed by atoms with Crippen LogP contribution in [-0.2, 0) is 4.79 Å². The lowest BCUT2D eigenvalue weighted by molar-refractivity contribution is -0.135. The molecule has 0 bridgehead atoms. The number of carbonyl (C=O) groups excluding carboxylic acids is 1. The van der Waals surface area contributed by atoms with Crippen LogP contribution in [0.5, 0.6) is 0 Å². The molecule has 1 aliphatic carbocycles. The van der Waals surface area contributed by atoms with E-state index in [1.54, 1.807) is 7.05 Å². The Bertz CT molecular complexity index is 363. The summed E-state index contributed by atoms with van der Waals surface area (Å²) in [5, 5.41) is 6.72. The molecule has 1 aliphatic heterocycles. The first kappa shape index (κ1) is 16.1. The van der Waals surface area contributed by atoms with Gasteiger partial charge in [0.05, 0.1) is 0 Å². The van der Waals surface area contributed by atoms with Gasteiger partial charge in [-0.15, -0.1) is 0 Å². The van der Waals surface area contributed by atoms with E-state index in [4.69, 9.17) is 0 Å². The van der Waals surface area contributed by atoms with E-state index in [0.717, 1.165) is 51.3 Å². The second kappa shape index (κ2) is 8.25. The summed E-state index contributed by atoms with van der Waals surface area (Å²) >= 11 is 0. The molecule has 2 rings (SSSR count). The molecule has 0 aromatic rings. The van der Waals surface area contributed by atoms with Crippen LogP contribution in [0, 0.1) is 5.92 Å². The number of nitrogens with one attached hydrogen (secondary N) is 2. The summed E-state index contributed by atoms with van der Waals surface area (Å²) in [6, 6.07) is 0.334. The van der Waals surface area contributed by atoms with Gasteiger partial charge in [0.25, 0.3) is 0 Å². The number of nitrogens with zero attached hydrogens (tertiary/aromatic N) is 2. The molecule has 1 heterocycles. The standard InChI is InChI=1S/C16H30N4O/c1-3-10-18-16(17-2)19-14-9-11-20(12-14)15(21)13-7-5-4-6-8-13/h13-14H,3-12H2,1-2H3,(H2,17,18,19). The Morgan fingerprint density at radius 3 is 2.67 bits per heavy atom. The Hall–Kier alpha value is -1.26. The van der Waals surface area contributed by atoms with E-state index in [1.807, 2.05) is 0 Å². The van der Waals surface area contributed by atoms with Gasteiger partial charge in [-0.05, 0) is 25.7 Å². The van der Waals surface area contributed by atoms with Gasteiger partial charge in [0, 0.05) is 38.6 Å². The van der Waals surface area contributed by atoms with E-state index in [9.17, 15) is 4.79 Å². The Balaban J connectivity index is 1.78. The predicted molar refractivity (Wildman–Crippen MR) is 86.3 cm³/mol. The van der Waals surface area contributed by atoms with Crippen LogP contribution in [0.4, 0.5) is 0 Å². The molecule has 2 aliphatic rings. The van der Waals surface area contributed by atoms with Crippen molar-refractivity contribution in [3.8, 4) is 0 Å². The zero-order valence-corrected chi connectivity index (χ0v) is 13.5.